The number of phenols is 1. The smallest absolute Gasteiger partial charge is 0.418 e. The molecule has 0 radical (unpaired) electrons. The highest BCUT2D eigenvalue weighted by molar-refractivity contribution is 5.34. The zero-order valence-electron chi connectivity index (χ0n) is 6.42. The largest absolute Gasteiger partial charge is 0.508 e. The van der Waals surface area contributed by atoms with E-state index >= 15 is 0 Å². The first-order valence-corrected chi connectivity index (χ1v) is 3.45. The minimum Gasteiger partial charge on any atom is -0.508 e. The maximum Gasteiger partial charge on any atom is 0.418 e. The molecule has 2 N–H and O–H groups in total. The average molecular weight is 192 g/mol. The second-order valence-corrected chi connectivity index (χ2v) is 2.50. The molecule has 0 aliphatic carbocycles. The SMILES string of the molecule is Oc1ccccc1[C@H](O)C(F)(F)F. The van der Waals surface area contributed by atoms with E-state index in [4.69, 9.17) is 10.2 Å². The molecule has 5 heteroatoms. The summed E-state index contributed by atoms with van der Waals surface area (Å²) in [6.07, 6.45) is -7.38. The summed E-state index contributed by atoms with van der Waals surface area (Å²) in [5.41, 5.74) is -0.532. The Morgan fingerprint density at radius 3 is 2.15 bits per heavy atom. The number of benzene rings is 1. The van der Waals surface area contributed by atoms with Gasteiger partial charge in [-0.25, -0.2) is 0 Å². The molecular weight excluding hydrogens is 185 g/mol. The van der Waals surface area contributed by atoms with Crippen LogP contribution < -0.4 is 0 Å². The van der Waals surface area contributed by atoms with Gasteiger partial charge in [0.25, 0.3) is 0 Å². The van der Waals surface area contributed by atoms with Gasteiger partial charge in [0.1, 0.15) is 5.75 Å². The highest BCUT2D eigenvalue weighted by Crippen LogP contribution is 2.36. The first-order valence-electron chi connectivity index (χ1n) is 3.45. The maximum atomic E-state index is 12.0. The van der Waals surface area contributed by atoms with Crippen molar-refractivity contribution in [2.45, 2.75) is 12.3 Å². The van der Waals surface area contributed by atoms with Crippen molar-refractivity contribution in [1.82, 2.24) is 0 Å². The molecule has 1 aromatic rings. The number of hydrogen-bond acceptors (Lipinski definition) is 2. The highest BCUT2D eigenvalue weighted by Gasteiger charge is 2.40. The van der Waals surface area contributed by atoms with Gasteiger partial charge in [0.05, 0.1) is 0 Å². The molecule has 0 aromatic heterocycles. The lowest BCUT2D eigenvalue weighted by Crippen LogP contribution is -2.20. The molecule has 2 nitrogen and oxygen atoms in total. The van der Waals surface area contributed by atoms with E-state index in [9.17, 15) is 13.2 Å². The van der Waals surface area contributed by atoms with Gasteiger partial charge < -0.3 is 10.2 Å². The monoisotopic (exact) mass is 192 g/mol. The fraction of sp³-hybridized carbons (Fsp3) is 0.250. The van der Waals surface area contributed by atoms with Crippen molar-refractivity contribution in [3.05, 3.63) is 29.8 Å². The minimum atomic E-state index is -4.75. The first kappa shape index (κ1) is 9.85. The van der Waals surface area contributed by atoms with E-state index in [0.29, 0.717) is 0 Å². The lowest BCUT2D eigenvalue weighted by atomic mass is 10.1. The summed E-state index contributed by atoms with van der Waals surface area (Å²) < 4.78 is 35.9. The molecule has 0 aliphatic heterocycles. The highest BCUT2D eigenvalue weighted by atomic mass is 19.4. The third-order valence-electron chi connectivity index (χ3n) is 1.54. The summed E-state index contributed by atoms with van der Waals surface area (Å²) in [5.74, 6) is -0.563. The van der Waals surface area contributed by atoms with Crippen molar-refractivity contribution >= 4 is 0 Å². The predicted octanol–water partition coefficient (Wildman–Crippen LogP) is 1.99. The Bertz CT molecular complexity index is 296. The van der Waals surface area contributed by atoms with E-state index in [1.807, 2.05) is 0 Å². The minimum absolute atomic E-state index is 0.532. The number of aliphatic hydroxyl groups excluding tert-OH is 1. The van der Waals surface area contributed by atoms with Gasteiger partial charge in [-0.1, -0.05) is 18.2 Å². The van der Waals surface area contributed by atoms with Crippen LogP contribution in [0.1, 0.15) is 11.7 Å². The number of alkyl halides is 3. The van der Waals surface area contributed by atoms with Crippen LogP contribution in [0.2, 0.25) is 0 Å². The number of aliphatic hydroxyl groups is 1. The molecule has 1 aromatic carbocycles. The standard InChI is InChI=1S/C8H7F3O2/c9-8(10,11)7(13)5-3-1-2-4-6(5)12/h1-4,7,12-13H/t7-/m0/s1. The van der Waals surface area contributed by atoms with Crippen molar-refractivity contribution in [3.63, 3.8) is 0 Å². The van der Waals surface area contributed by atoms with Crippen LogP contribution in [-0.4, -0.2) is 16.4 Å². The number of para-hydroxylation sites is 1. The van der Waals surface area contributed by atoms with Crippen molar-refractivity contribution in [2.24, 2.45) is 0 Å². The summed E-state index contributed by atoms with van der Waals surface area (Å²) in [5, 5.41) is 17.7. The molecule has 0 fully saturated rings. The zero-order chi connectivity index (χ0) is 10.1. The van der Waals surface area contributed by atoms with Gasteiger partial charge in [-0.05, 0) is 6.07 Å². The summed E-state index contributed by atoms with van der Waals surface area (Å²) in [6, 6.07) is 4.80. The molecule has 0 aliphatic rings. The lowest BCUT2D eigenvalue weighted by molar-refractivity contribution is -0.207. The number of halogens is 3. The number of rotatable bonds is 1. The van der Waals surface area contributed by atoms with E-state index in [2.05, 4.69) is 0 Å². The lowest BCUT2D eigenvalue weighted by Gasteiger charge is -2.15. The van der Waals surface area contributed by atoms with E-state index in [1.165, 1.54) is 12.1 Å². The molecule has 1 rings (SSSR count). The molecule has 13 heavy (non-hydrogen) atoms. The first-order chi connectivity index (χ1) is 5.93. The Hall–Kier alpha value is -1.23. The molecule has 1 atom stereocenters. The molecule has 0 heterocycles. The summed E-state index contributed by atoms with van der Waals surface area (Å²) in [4.78, 5) is 0. The summed E-state index contributed by atoms with van der Waals surface area (Å²) in [6.45, 7) is 0. The molecule has 0 saturated heterocycles. The Morgan fingerprint density at radius 1 is 1.15 bits per heavy atom. The second-order valence-electron chi connectivity index (χ2n) is 2.50. The Morgan fingerprint density at radius 2 is 1.69 bits per heavy atom. The average Bonchev–Trinajstić information content (AvgIpc) is 2.02. The van der Waals surface area contributed by atoms with Gasteiger partial charge in [0.2, 0.25) is 0 Å². The van der Waals surface area contributed by atoms with E-state index in [-0.39, 0.29) is 0 Å². The molecule has 0 saturated carbocycles. The quantitative estimate of drug-likeness (QED) is 0.714. The van der Waals surface area contributed by atoms with Crippen LogP contribution in [0.25, 0.3) is 0 Å². The van der Waals surface area contributed by atoms with Crippen LogP contribution >= 0.6 is 0 Å². The van der Waals surface area contributed by atoms with Gasteiger partial charge in [0.15, 0.2) is 6.10 Å². The van der Waals surface area contributed by atoms with Crippen molar-refractivity contribution in [1.29, 1.82) is 0 Å². The van der Waals surface area contributed by atoms with Crippen LogP contribution in [0.3, 0.4) is 0 Å². The van der Waals surface area contributed by atoms with Crippen LogP contribution in [0.4, 0.5) is 13.2 Å². The van der Waals surface area contributed by atoms with Crippen LogP contribution in [-0.2, 0) is 0 Å². The third kappa shape index (κ3) is 2.12. The Kier molecular flexibility index (Phi) is 2.47. The molecule has 0 amide bonds. The number of phenolic OH excluding ortho intramolecular Hbond substituents is 1. The fourth-order valence-corrected chi connectivity index (χ4v) is 0.895. The van der Waals surface area contributed by atoms with E-state index in [0.717, 1.165) is 12.1 Å². The fourth-order valence-electron chi connectivity index (χ4n) is 0.895. The van der Waals surface area contributed by atoms with E-state index in [1.54, 1.807) is 0 Å². The van der Waals surface area contributed by atoms with Gasteiger partial charge >= 0.3 is 6.18 Å². The zero-order valence-corrected chi connectivity index (χ0v) is 6.42. The predicted molar refractivity (Wildman–Crippen MR) is 39.1 cm³/mol. The maximum absolute atomic E-state index is 12.0. The molecule has 0 bridgehead atoms. The molecule has 0 unspecified atom stereocenters. The second kappa shape index (κ2) is 3.26. The van der Waals surface area contributed by atoms with E-state index < -0.39 is 23.6 Å². The van der Waals surface area contributed by atoms with Gasteiger partial charge in [-0.2, -0.15) is 13.2 Å². The molecule has 0 spiro atoms. The summed E-state index contributed by atoms with van der Waals surface area (Å²) >= 11 is 0. The van der Waals surface area contributed by atoms with Crippen molar-refractivity contribution < 1.29 is 23.4 Å². The normalized spacial score (nSPS) is 14.2. The molecule has 72 valence electrons. The van der Waals surface area contributed by atoms with Crippen LogP contribution in [0, 0.1) is 0 Å². The van der Waals surface area contributed by atoms with Crippen molar-refractivity contribution in [2.75, 3.05) is 0 Å². The Labute approximate surface area is 72.2 Å². The summed E-state index contributed by atoms with van der Waals surface area (Å²) in [7, 11) is 0. The van der Waals surface area contributed by atoms with Gasteiger partial charge in [0, 0.05) is 5.56 Å². The van der Waals surface area contributed by atoms with Gasteiger partial charge in [-0.15, -0.1) is 0 Å². The van der Waals surface area contributed by atoms with Gasteiger partial charge in [-0.3, -0.25) is 0 Å². The Balaban J connectivity index is 3.02. The number of aromatic hydroxyl groups is 1. The van der Waals surface area contributed by atoms with Crippen LogP contribution in [0.15, 0.2) is 24.3 Å². The number of hydrogen-bond donors (Lipinski definition) is 2. The topological polar surface area (TPSA) is 40.5 Å². The third-order valence-corrected chi connectivity index (χ3v) is 1.54. The van der Waals surface area contributed by atoms with Crippen LogP contribution in [0.5, 0.6) is 5.75 Å². The van der Waals surface area contributed by atoms with Crippen molar-refractivity contribution in [3.8, 4) is 5.75 Å². The molecular formula is C8H7F3O2.